The second-order valence-electron chi connectivity index (χ2n) is 7.13. The second kappa shape index (κ2) is 10.4. The fourth-order valence-corrected chi connectivity index (χ4v) is 3.03. The van der Waals surface area contributed by atoms with Gasteiger partial charge in [-0.25, -0.2) is 13.8 Å². The van der Waals surface area contributed by atoms with Gasteiger partial charge in [0.25, 0.3) is 0 Å². The molecule has 5 heteroatoms. The van der Waals surface area contributed by atoms with Gasteiger partial charge in [-0.2, -0.15) is 0 Å². The second-order valence-corrected chi connectivity index (χ2v) is 7.99. The van der Waals surface area contributed by atoms with E-state index in [1.807, 2.05) is 18.2 Å². The third-order valence-electron chi connectivity index (χ3n) is 3.37. The van der Waals surface area contributed by atoms with Crippen molar-refractivity contribution in [3.05, 3.63) is 77.3 Å². The van der Waals surface area contributed by atoms with Gasteiger partial charge >= 0.3 is 0 Å². The lowest BCUT2D eigenvalue weighted by atomic mass is 10.0. The topological polar surface area (TPSA) is 17.8 Å². The summed E-state index contributed by atoms with van der Waals surface area (Å²) >= 11 is 3.55. The Balaban J connectivity index is 0.000000828. The number of hydrogen-bond acceptors (Lipinski definition) is 1. The van der Waals surface area contributed by atoms with Gasteiger partial charge in [-0.05, 0) is 29.5 Å². The van der Waals surface area contributed by atoms with E-state index in [0.29, 0.717) is 17.8 Å². The van der Waals surface area contributed by atoms with E-state index >= 15 is 0 Å². The maximum absolute atomic E-state index is 14.0. The van der Waals surface area contributed by atoms with E-state index in [9.17, 15) is 8.78 Å². The molecule has 0 N–H and O–H groups in total. The molecule has 2 aromatic rings. The molecule has 0 spiro atoms. The van der Waals surface area contributed by atoms with E-state index in [2.05, 4.69) is 68.7 Å². The highest BCUT2D eigenvalue weighted by atomic mass is 79.9. The van der Waals surface area contributed by atoms with E-state index in [0.717, 1.165) is 16.1 Å². The van der Waals surface area contributed by atoms with Gasteiger partial charge in [-0.1, -0.05) is 69.8 Å². The Morgan fingerprint density at radius 2 is 1.74 bits per heavy atom. The van der Waals surface area contributed by atoms with Crippen LogP contribution in [-0.4, -0.2) is 9.55 Å². The van der Waals surface area contributed by atoms with E-state index in [4.69, 9.17) is 0 Å². The summed E-state index contributed by atoms with van der Waals surface area (Å²) in [6.45, 7) is 17.4. The third kappa shape index (κ3) is 6.90. The van der Waals surface area contributed by atoms with Gasteiger partial charge in [0.1, 0.15) is 17.5 Å². The van der Waals surface area contributed by atoms with Crippen molar-refractivity contribution >= 4 is 21.5 Å². The van der Waals surface area contributed by atoms with Crippen molar-refractivity contribution in [2.75, 3.05) is 0 Å². The van der Waals surface area contributed by atoms with E-state index in [-0.39, 0.29) is 5.57 Å². The van der Waals surface area contributed by atoms with Crippen LogP contribution in [0, 0.1) is 5.92 Å². The summed E-state index contributed by atoms with van der Waals surface area (Å²) < 4.78 is 29.4. The molecule has 0 aliphatic heterocycles. The molecule has 0 saturated heterocycles. The van der Waals surface area contributed by atoms with Gasteiger partial charge in [0.2, 0.25) is 0 Å². The van der Waals surface area contributed by atoms with Crippen LogP contribution in [0.4, 0.5) is 8.78 Å². The van der Waals surface area contributed by atoms with Crippen LogP contribution in [0.5, 0.6) is 0 Å². The molecule has 1 heterocycles. The van der Waals surface area contributed by atoms with Crippen LogP contribution in [0.3, 0.4) is 0 Å². The first-order chi connectivity index (χ1) is 12.5. The highest BCUT2D eigenvalue weighted by Gasteiger charge is 2.14. The highest BCUT2D eigenvalue weighted by molar-refractivity contribution is 9.10. The number of imidazole rings is 1. The van der Waals surface area contributed by atoms with Crippen LogP contribution in [0.15, 0.2) is 66.0 Å². The lowest BCUT2D eigenvalue weighted by Gasteiger charge is -2.13. The molecule has 0 bridgehead atoms. The molecule has 0 unspecified atom stereocenters. The van der Waals surface area contributed by atoms with E-state index in [1.165, 1.54) is 5.56 Å². The summed E-state index contributed by atoms with van der Waals surface area (Å²) in [4.78, 5) is 4.12. The maximum atomic E-state index is 14.0. The van der Waals surface area contributed by atoms with Gasteiger partial charge in [0.15, 0.2) is 0 Å². The normalized spacial score (nSPS) is 11.4. The molecular weight excluding hydrogens is 410 g/mol. The molecule has 2 rings (SSSR count). The van der Waals surface area contributed by atoms with Crippen molar-refractivity contribution < 1.29 is 8.78 Å². The average molecular weight is 437 g/mol. The SMILES string of the molecule is C=C(F)/C=C(/F)C(=C)c1nccn1-c1ccc(C(C)C)c(Br)c1.CC(C)C. The molecule has 0 atom stereocenters. The number of benzene rings is 1. The first kappa shape index (κ1) is 23.0. The van der Waals surface area contributed by atoms with Crippen molar-refractivity contribution in [2.45, 2.75) is 40.5 Å². The summed E-state index contributed by atoms with van der Waals surface area (Å²) in [7, 11) is 0. The molecule has 0 aliphatic carbocycles. The average Bonchev–Trinajstić information content (AvgIpc) is 3.01. The van der Waals surface area contributed by atoms with Crippen LogP contribution >= 0.6 is 15.9 Å². The summed E-state index contributed by atoms with van der Waals surface area (Å²) in [5, 5.41) is 0. The first-order valence-corrected chi connectivity index (χ1v) is 9.58. The van der Waals surface area contributed by atoms with Crippen LogP contribution in [-0.2, 0) is 0 Å². The molecule has 146 valence electrons. The number of rotatable bonds is 5. The van der Waals surface area contributed by atoms with Crippen LogP contribution in [0.1, 0.15) is 51.9 Å². The maximum Gasteiger partial charge on any atom is 0.146 e. The predicted molar refractivity (Wildman–Crippen MR) is 114 cm³/mol. The Kier molecular flexibility index (Phi) is 8.83. The zero-order valence-electron chi connectivity index (χ0n) is 16.6. The van der Waals surface area contributed by atoms with E-state index in [1.54, 1.807) is 17.0 Å². The summed E-state index contributed by atoms with van der Waals surface area (Å²) in [5.41, 5.74) is 1.98. The Bertz CT molecular complexity index is 830. The van der Waals surface area contributed by atoms with Crippen molar-refractivity contribution in [2.24, 2.45) is 5.92 Å². The van der Waals surface area contributed by atoms with Gasteiger partial charge in [0, 0.05) is 34.2 Å². The Morgan fingerprint density at radius 3 is 2.22 bits per heavy atom. The molecule has 0 fully saturated rings. The number of aromatic nitrogens is 2. The monoisotopic (exact) mass is 436 g/mol. The molecule has 2 nitrogen and oxygen atoms in total. The molecule has 0 aliphatic rings. The minimum absolute atomic E-state index is 0.00198. The Morgan fingerprint density at radius 1 is 1.15 bits per heavy atom. The van der Waals surface area contributed by atoms with Gasteiger partial charge in [0.05, 0.1) is 0 Å². The zero-order chi connectivity index (χ0) is 20.7. The number of allylic oxidation sites excluding steroid dienone is 4. The number of hydrogen-bond donors (Lipinski definition) is 0. The first-order valence-electron chi connectivity index (χ1n) is 8.79. The molecule has 0 radical (unpaired) electrons. The zero-order valence-corrected chi connectivity index (χ0v) is 18.1. The lowest BCUT2D eigenvalue weighted by molar-refractivity contribution is 0.636. The van der Waals surface area contributed by atoms with Crippen LogP contribution < -0.4 is 0 Å². The van der Waals surface area contributed by atoms with Crippen LogP contribution in [0.25, 0.3) is 11.3 Å². The summed E-state index contributed by atoms with van der Waals surface area (Å²) in [6.07, 6.45) is 3.94. The minimum atomic E-state index is -0.870. The Hall–Kier alpha value is -2.01. The fraction of sp³-hybridized carbons (Fsp3) is 0.318. The standard InChI is InChI=1S/C18H17BrF2N2.C4H10/c1-11(2)15-6-5-14(10-16(15)19)23-8-7-22-18(23)13(4)17(21)9-12(3)20;1-4(2)3/h5-11H,3-4H2,1-2H3;4H,1-3H3/b17-9+;. The lowest BCUT2D eigenvalue weighted by Crippen LogP contribution is -2.01. The molecule has 27 heavy (non-hydrogen) atoms. The van der Waals surface area contributed by atoms with Crippen molar-refractivity contribution in [1.29, 1.82) is 0 Å². The molecule has 0 saturated carbocycles. The van der Waals surface area contributed by atoms with Gasteiger partial charge in [-0.15, -0.1) is 0 Å². The van der Waals surface area contributed by atoms with Crippen LogP contribution in [0.2, 0.25) is 0 Å². The largest absolute Gasteiger partial charge is 0.300 e. The number of nitrogens with zero attached hydrogens (tertiary/aromatic N) is 2. The third-order valence-corrected chi connectivity index (χ3v) is 4.05. The molecule has 1 aromatic carbocycles. The molecule has 0 amide bonds. The smallest absolute Gasteiger partial charge is 0.146 e. The summed E-state index contributed by atoms with van der Waals surface area (Å²) in [5.74, 6) is -0.149. The van der Waals surface area contributed by atoms with Crippen molar-refractivity contribution in [3.63, 3.8) is 0 Å². The number of halogens is 3. The molecule has 1 aromatic heterocycles. The quantitative estimate of drug-likeness (QED) is 0.437. The predicted octanol–water partition coefficient (Wildman–Crippen LogP) is 7.77. The minimum Gasteiger partial charge on any atom is -0.300 e. The Labute approximate surface area is 169 Å². The van der Waals surface area contributed by atoms with Gasteiger partial charge < -0.3 is 0 Å². The highest BCUT2D eigenvalue weighted by Crippen LogP contribution is 2.29. The van der Waals surface area contributed by atoms with Gasteiger partial charge in [-0.3, -0.25) is 4.57 Å². The summed E-state index contributed by atoms with van der Waals surface area (Å²) in [6, 6.07) is 5.87. The fourth-order valence-electron chi connectivity index (χ4n) is 2.20. The van der Waals surface area contributed by atoms with Crippen molar-refractivity contribution in [1.82, 2.24) is 9.55 Å². The van der Waals surface area contributed by atoms with Crippen molar-refractivity contribution in [3.8, 4) is 5.69 Å². The molecular formula is C22H27BrF2N2. The van der Waals surface area contributed by atoms with E-state index < -0.39 is 11.7 Å².